The van der Waals surface area contributed by atoms with E-state index in [1.165, 1.54) is 36.0 Å². The average Bonchev–Trinajstić information content (AvgIpc) is 2.97. The summed E-state index contributed by atoms with van der Waals surface area (Å²) in [4.78, 5) is 15.6. The Morgan fingerprint density at radius 2 is 1.97 bits per heavy atom. The number of thiophene rings is 1. The van der Waals surface area contributed by atoms with Crippen LogP contribution in [0.2, 0.25) is 0 Å². The molecule has 1 heterocycles. The van der Waals surface area contributed by atoms with E-state index < -0.39 is 20.6 Å². The van der Waals surface area contributed by atoms with Gasteiger partial charge in [-0.25, -0.2) is 13.9 Å². The zero-order chi connectivity index (χ0) is 22.7. The number of nitrogens with one attached hydrogen (secondary N) is 1. The van der Waals surface area contributed by atoms with E-state index in [9.17, 15) is 13.2 Å². The molecule has 1 aromatic carbocycles. The van der Waals surface area contributed by atoms with Gasteiger partial charge in [0.25, 0.3) is 5.91 Å². The Bertz CT molecular complexity index is 1080. The van der Waals surface area contributed by atoms with Crippen molar-refractivity contribution in [3.05, 3.63) is 46.8 Å². The van der Waals surface area contributed by atoms with Gasteiger partial charge in [0.05, 0.1) is 17.1 Å². The maximum Gasteiger partial charge on any atom is 0.274 e. The molecule has 0 unspecified atom stereocenters. The highest BCUT2D eigenvalue weighted by Gasteiger charge is 2.28. The third-order valence-corrected chi connectivity index (χ3v) is 7.77. The van der Waals surface area contributed by atoms with Crippen molar-refractivity contribution in [2.75, 3.05) is 11.5 Å². The summed E-state index contributed by atoms with van der Waals surface area (Å²) in [5.74, 6) is -0.985. The fourth-order valence-electron chi connectivity index (χ4n) is 2.71. The maximum absolute atomic E-state index is 12.9. The zero-order valence-corrected chi connectivity index (χ0v) is 19.3. The summed E-state index contributed by atoms with van der Waals surface area (Å²) >= 11 is 7.44. The minimum absolute atomic E-state index is 0.0813. The number of rotatable bonds is 8. The number of benzene rings is 1. The van der Waals surface area contributed by atoms with E-state index in [4.69, 9.17) is 22.5 Å². The van der Waals surface area contributed by atoms with E-state index in [0.29, 0.717) is 17.7 Å². The van der Waals surface area contributed by atoms with Gasteiger partial charge in [0, 0.05) is 21.5 Å². The Balaban J connectivity index is 2.27. The molecule has 0 aliphatic rings. The summed E-state index contributed by atoms with van der Waals surface area (Å²) in [6, 6.07) is 5.99. The van der Waals surface area contributed by atoms with E-state index in [1.807, 2.05) is 13.8 Å². The second kappa shape index (κ2) is 9.30. The topological polar surface area (TPSA) is 122 Å². The number of hydroxylamine groups is 1. The van der Waals surface area contributed by atoms with Crippen molar-refractivity contribution in [3.8, 4) is 0 Å². The first-order valence-electron chi connectivity index (χ1n) is 8.91. The van der Waals surface area contributed by atoms with E-state index in [1.54, 1.807) is 6.92 Å². The summed E-state index contributed by atoms with van der Waals surface area (Å²) in [5, 5.41) is 8.62. The van der Waals surface area contributed by atoms with Gasteiger partial charge in [-0.05, 0) is 62.6 Å². The molecule has 2 aromatic rings. The van der Waals surface area contributed by atoms with Crippen molar-refractivity contribution in [2.24, 2.45) is 4.99 Å². The molecule has 7 nitrogen and oxygen atoms in total. The third-order valence-electron chi connectivity index (χ3n) is 4.05. The Labute approximate surface area is 185 Å². The van der Waals surface area contributed by atoms with E-state index in [2.05, 4.69) is 11.6 Å². The average molecular weight is 470 g/mol. The lowest BCUT2D eigenvalue weighted by molar-refractivity contribution is 0.0706. The van der Waals surface area contributed by atoms with Crippen LogP contribution in [0.5, 0.6) is 0 Å². The Morgan fingerprint density at radius 1 is 1.37 bits per heavy atom. The van der Waals surface area contributed by atoms with Gasteiger partial charge in [0.15, 0.2) is 9.84 Å². The molecule has 0 radical (unpaired) electrons. The van der Waals surface area contributed by atoms with Gasteiger partial charge in [0.2, 0.25) is 0 Å². The number of carbonyl (C=O) groups excluding carboxylic acids is 1. The van der Waals surface area contributed by atoms with Crippen LogP contribution in [0.1, 0.15) is 41.6 Å². The number of halogens is 1. The minimum atomic E-state index is -3.71. The number of anilines is 1. The second-order valence-electron chi connectivity index (χ2n) is 7.37. The molecule has 0 saturated heterocycles. The fraction of sp³-hybridized carbons (Fsp3) is 0.300. The summed E-state index contributed by atoms with van der Waals surface area (Å²) in [5.41, 5.74) is 10.1. The highest BCUT2D eigenvalue weighted by molar-refractivity contribution is 7.94. The molecule has 2 rings (SSSR count). The lowest BCUT2D eigenvalue weighted by Crippen LogP contribution is -2.18. The molecule has 0 aliphatic heterocycles. The van der Waals surface area contributed by atoms with Crippen LogP contribution < -0.4 is 11.2 Å². The first kappa shape index (κ1) is 24.1. The molecule has 10 heteroatoms. The van der Waals surface area contributed by atoms with Crippen molar-refractivity contribution in [3.63, 3.8) is 0 Å². The molecule has 0 aliphatic carbocycles. The number of carbonyl (C=O) groups is 1. The van der Waals surface area contributed by atoms with Crippen LogP contribution in [0.15, 0.2) is 40.0 Å². The smallest absolute Gasteiger partial charge is 0.274 e. The molecular formula is C20H24ClN3O4S2. The first-order valence-corrected chi connectivity index (χ1v) is 11.8. The van der Waals surface area contributed by atoms with Crippen molar-refractivity contribution < 1.29 is 18.4 Å². The number of sulfone groups is 1. The van der Waals surface area contributed by atoms with E-state index in [-0.39, 0.29) is 21.2 Å². The standard InChI is InChI=1S/C20H24ClN3O4S2/c1-12(2)17-15(11-20(3,4)21)16(22)19(29-17)30(27,28)10-9-23-14-7-5-13(6-8-14)18(25)24-26/h5-9,26H,1,10-11,22H2,2-4H3,(H,24,25). The molecule has 0 fully saturated rings. The number of nitrogens with two attached hydrogens (primary N) is 1. The number of nitrogen functional groups attached to an aromatic ring is 1. The molecule has 4 N–H and O–H groups in total. The van der Waals surface area contributed by atoms with Crippen molar-refractivity contribution in [1.29, 1.82) is 0 Å². The van der Waals surface area contributed by atoms with Gasteiger partial charge in [-0.15, -0.1) is 22.9 Å². The van der Waals surface area contributed by atoms with Gasteiger partial charge >= 0.3 is 0 Å². The quantitative estimate of drug-likeness (QED) is 0.231. The number of alkyl halides is 1. The number of nitrogens with zero attached hydrogens (tertiary/aromatic N) is 1. The summed E-state index contributed by atoms with van der Waals surface area (Å²) in [7, 11) is -3.71. The molecule has 1 amide bonds. The molecule has 30 heavy (non-hydrogen) atoms. The largest absolute Gasteiger partial charge is 0.397 e. The van der Waals surface area contributed by atoms with Crippen LogP contribution in [-0.2, 0) is 16.3 Å². The Kier molecular flexibility index (Phi) is 7.46. The number of hydrogen-bond donors (Lipinski definition) is 3. The third kappa shape index (κ3) is 5.91. The maximum atomic E-state index is 12.9. The number of aliphatic imine (C=N–C) groups is 1. The summed E-state index contributed by atoms with van der Waals surface area (Å²) in [6.07, 6.45) is 1.69. The van der Waals surface area contributed by atoms with Crippen LogP contribution in [0.3, 0.4) is 0 Å². The van der Waals surface area contributed by atoms with Crippen LogP contribution in [0, 0.1) is 0 Å². The van der Waals surface area contributed by atoms with Crippen molar-refractivity contribution in [2.45, 2.75) is 36.3 Å². The van der Waals surface area contributed by atoms with Gasteiger partial charge in [-0.2, -0.15) is 0 Å². The van der Waals surface area contributed by atoms with Crippen LogP contribution in [0.4, 0.5) is 11.4 Å². The van der Waals surface area contributed by atoms with Crippen LogP contribution >= 0.6 is 22.9 Å². The van der Waals surface area contributed by atoms with E-state index >= 15 is 0 Å². The number of allylic oxidation sites excluding steroid dienone is 1. The SMILES string of the molecule is C=C(C)c1sc(S(=O)(=O)CC=Nc2ccc(C(=O)NO)cc2)c(N)c1CC(C)(C)Cl. The van der Waals surface area contributed by atoms with Gasteiger partial charge in [0.1, 0.15) is 4.21 Å². The lowest BCUT2D eigenvalue weighted by atomic mass is 10.00. The van der Waals surface area contributed by atoms with E-state index in [0.717, 1.165) is 21.8 Å². The molecule has 0 spiro atoms. The van der Waals surface area contributed by atoms with Gasteiger partial charge in [-0.3, -0.25) is 15.0 Å². The van der Waals surface area contributed by atoms with Gasteiger partial charge < -0.3 is 5.73 Å². The highest BCUT2D eigenvalue weighted by atomic mass is 35.5. The lowest BCUT2D eigenvalue weighted by Gasteiger charge is -2.16. The molecule has 0 saturated carbocycles. The molecule has 0 atom stereocenters. The highest BCUT2D eigenvalue weighted by Crippen LogP contribution is 2.41. The number of hydrogen-bond acceptors (Lipinski definition) is 7. The molecule has 0 bridgehead atoms. The summed E-state index contributed by atoms with van der Waals surface area (Å²) < 4.78 is 25.8. The predicted molar refractivity (Wildman–Crippen MR) is 123 cm³/mol. The van der Waals surface area contributed by atoms with Crippen LogP contribution in [0.25, 0.3) is 5.57 Å². The monoisotopic (exact) mass is 469 g/mol. The normalized spacial score (nSPS) is 12.3. The van der Waals surface area contributed by atoms with Gasteiger partial charge in [-0.1, -0.05) is 6.58 Å². The summed E-state index contributed by atoms with van der Waals surface area (Å²) in [6.45, 7) is 9.40. The molecule has 162 valence electrons. The first-order chi connectivity index (χ1) is 13.9. The van der Waals surface area contributed by atoms with Crippen molar-refractivity contribution in [1.82, 2.24) is 5.48 Å². The predicted octanol–water partition coefficient (Wildman–Crippen LogP) is 4.22. The van der Waals surface area contributed by atoms with Crippen molar-refractivity contribution >= 4 is 61.8 Å². The zero-order valence-electron chi connectivity index (χ0n) is 16.9. The Morgan fingerprint density at radius 3 is 2.47 bits per heavy atom. The van der Waals surface area contributed by atoms with Crippen LogP contribution in [-0.4, -0.2) is 36.4 Å². The Hall–Kier alpha value is -2.20. The molecular weight excluding hydrogens is 446 g/mol. The number of amides is 1. The molecule has 1 aromatic heterocycles. The second-order valence-corrected chi connectivity index (χ2v) is 11.6. The minimum Gasteiger partial charge on any atom is -0.397 e. The fourth-order valence-corrected chi connectivity index (χ4v) is 5.58.